The van der Waals surface area contributed by atoms with Gasteiger partial charge in [-0.15, -0.1) is 0 Å². The molecule has 0 aliphatic rings. The molecule has 0 unspecified atom stereocenters. The first-order valence-corrected chi connectivity index (χ1v) is 8.21. The quantitative estimate of drug-likeness (QED) is 0.901. The predicted octanol–water partition coefficient (Wildman–Crippen LogP) is 2.66. The van der Waals surface area contributed by atoms with E-state index in [1.165, 1.54) is 12.1 Å². The van der Waals surface area contributed by atoms with Gasteiger partial charge in [-0.05, 0) is 29.8 Å². The number of pyridine rings is 1. The van der Waals surface area contributed by atoms with Gasteiger partial charge in [0.05, 0.1) is 21.5 Å². The molecule has 1 aromatic carbocycles. The zero-order valence-corrected chi connectivity index (χ0v) is 13.1. The van der Waals surface area contributed by atoms with Gasteiger partial charge in [0.25, 0.3) is 0 Å². The average molecular weight is 347 g/mol. The van der Waals surface area contributed by atoms with Gasteiger partial charge in [-0.3, -0.25) is 4.98 Å². The number of nitrogens with two attached hydrogens (primary N) is 1. The van der Waals surface area contributed by atoms with Gasteiger partial charge in [-0.25, -0.2) is 13.6 Å². The summed E-state index contributed by atoms with van der Waals surface area (Å²) in [4.78, 5) is 3.77. The predicted molar refractivity (Wildman–Crippen MR) is 81.3 cm³/mol. The van der Waals surface area contributed by atoms with Gasteiger partial charge in [0.2, 0.25) is 10.0 Å². The second kappa shape index (κ2) is 6.62. The minimum atomic E-state index is -3.86. The van der Waals surface area contributed by atoms with E-state index < -0.39 is 10.0 Å². The molecule has 0 aliphatic heterocycles. The van der Waals surface area contributed by atoms with Crippen molar-refractivity contribution in [2.45, 2.75) is 11.3 Å². The summed E-state index contributed by atoms with van der Waals surface area (Å²) in [5.74, 6) is 0.236. The zero-order chi connectivity index (χ0) is 15.5. The first-order valence-electron chi connectivity index (χ1n) is 5.91. The minimum absolute atomic E-state index is 0.0984. The highest BCUT2D eigenvalue weighted by Gasteiger charge is 2.15. The number of aromatic nitrogens is 1. The monoisotopic (exact) mass is 346 g/mol. The van der Waals surface area contributed by atoms with Gasteiger partial charge in [0, 0.05) is 18.8 Å². The van der Waals surface area contributed by atoms with Crippen LogP contribution < -0.4 is 9.88 Å². The van der Waals surface area contributed by atoms with Crippen LogP contribution in [0.15, 0.2) is 41.6 Å². The largest absolute Gasteiger partial charge is 0.490 e. The fourth-order valence-corrected chi connectivity index (χ4v) is 2.95. The lowest BCUT2D eigenvalue weighted by Crippen LogP contribution is -2.12. The van der Waals surface area contributed by atoms with Crippen molar-refractivity contribution in [1.82, 2.24) is 4.98 Å². The van der Waals surface area contributed by atoms with Crippen molar-refractivity contribution in [3.8, 4) is 5.75 Å². The summed E-state index contributed by atoms with van der Waals surface area (Å²) in [6, 6.07) is 6.17. The maximum Gasteiger partial charge on any atom is 0.238 e. The molecule has 2 rings (SSSR count). The Morgan fingerprint density at radius 1 is 1.14 bits per heavy atom. The van der Waals surface area contributed by atoms with Crippen LogP contribution in [0.1, 0.15) is 5.56 Å². The molecule has 0 aliphatic carbocycles. The van der Waals surface area contributed by atoms with Gasteiger partial charge >= 0.3 is 0 Å². The Balaban J connectivity index is 2.11. The van der Waals surface area contributed by atoms with Gasteiger partial charge in [0.15, 0.2) is 5.75 Å². The molecular formula is C13H12Cl2N2O3S. The Hall–Kier alpha value is -1.34. The molecule has 2 N–H and O–H groups in total. The molecule has 0 radical (unpaired) electrons. The SMILES string of the molecule is NS(=O)(=O)c1cc(Cl)c(OCCc2ccncc2)c(Cl)c1. The van der Waals surface area contributed by atoms with Gasteiger partial charge in [-0.2, -0.15) is 0 Å². The third-order valence-electron chi connectivity index (χ3n) is 2.69. The first-order chi connectivity index (χ1) is 9.88. The molecule has 112 valence electrons. The van der Waals surface area contributed by atoms with E-state index in [4.69, 9.17) is 33.1 Å². The summed E-state index contributed by atoms with van der Waals surface area (Å²) in [5.41, 5.74) is 1.05. The molecule has 0 fully saturated rings. The molecule has 0 atom stereocenters. The Bertz CT molecular complexity index is 713. The standard InChI is InChI=1S/C13H12Cl2N2O3S/c14-11-7-10(21(16,18)19)8-12(15)13(11)20-6-3-9-1-4-17-5-2-9/h1-2,4-5,7-8H,3,6H2,(H2,16,18,19). The van der Waals surface area contributed by atoms with Crippen LogP contribution in [0.2, 0.25) is 10.0 Å². The summed E-state index contributed by atoms with van der Waals surface area (Å²) in [7, 11) is -3.86. The normalized spacial score (nSPS) is 11.4. The number of hydrogen-bond donors (Lipinski definition) is 1. The summed E-state index contributed by atoms with van der Waals surface area (Å²) in [6.45, 7) is 0.345. The number of hydrogen-bond acceptors (Lipinski definition) is 4. The van der Waals surface area contributed by atoms with E-state index in [0.29, 0.717) is 13.0 Å². The van der Waals surface area contributed by atoms with E-state index in [9.17, 15) is 8.42 Å². The molecule has 2 aromatic rings. The number of ether oxygens (including phenoxy) is 1. The van der Waals surface area contributed by atoms with Crippen LogP contribution in [0.5, 0.6) is 5.75 Å². The number of nitrogens with zero attached hydrogens (tertiary/aromatic N) is 1. The fourth-order valence-electron chi connectivity index (χ4n) is 1.66. The van der Waals surface area contributed by atoms with Gasteiger partial charge in [0.1, 0.15) is 0 Å². The Morgan fingerprint density at radius 3 is 2.24 bits per heavy atom. The van der Waals surface area contributed by atoms with Crippen LogP contribution in [0.25, 0.3) is 0 Å². The molecule has 5 nitrogen and oxygen atoms in total. The van der Waals surface area contributed by atoms with E-state index in [1.54, 1.807) is 12.4 Å². The lowest BCUT2D eigenvalue weighted by Gasteiger charge is -2.11. The molecule has 0 saturated carbocycles. The summed E-state index contributed by atoms with van der Waals surface area (Å²) in [6.07, 6.45) is 4.03. The summed E-state index contributed by atoms with van der Waals surface area (Å²) < 4.78 is 28.0. The van der Waals surface area contributed by atoms with Gasteiger partial charge in [-0.1, -0.05) is 23.2 Å². The second-order valence-corrected chi connectivity index (χ2v) is 6.59. The lowest BCUT2D eigenvalue weighted by atomic mass is 10.2. The molecular weight excluding hydrogens is 335 g/mol. The Labute approximate surface area is 132 Å². The number of benzene rings is 1. The minimum Gasteiger partial charge on any atom is -0.490 e. The molecule has 0 bridgehead atoms. The van der Waals surface area contributed by atoms with E-state index in [2.05, 4.69) is 4.98 Å². The number of sulfonamides is 1. The molecule has 8 heteroatoms. The Morgan fingerprint density at radius 2 is 1.71 bits per heavy atom. The van der Waals surface area contributed by atoms with Crippen molar-refractivity contribution < 1.29 is 13.2 Å². The molecule has 0 spiro atoms. The molecule has 21 heavy (non-hydrogen) atoms. The second-order valence-electron chi connectivity index (χ2n) is 4.21. The van der Waals surface area contributed by atoms with Crippen molar-refractivity contribution in [1.29, 1.82) is 0 Å². The highest BCUT2D eigenvalue weighted by atomic mass is 35.5. The van der Waals surface area contributed by atoms with Crippen molar-refractivity contribution in [2.24, 2.45) is 5.14 Å². The molecule has 1 heterocycles. The third kappa shape index (κ3) is 4.31. The highest BCUT2D eigenvalue weighted by Crippen LogP contribution is 2.35. The summed E-state index contributed by atoms with van der Waals surface area (Å²) in [5, 5.41) is 5.23. The van der Waals surface area contributed by atoms with E-state index in [0.717, 1.165) is 5.56 Å². The van der Waals surface area contributed by atoms with Gasteiger partial charge < -0.3 is 4.74 Å². The molecule has 0 saturated heterocycles. The average Bonchev–Trinajstić information content (AvgIpc) is 2.42. The molecule has 1 aromatic heterocycles. The smallest absolute Gasteiger partial charge is 0.238 e. The van der Waals surface area contributed by atoms with Crippen LogP contribution in [-0.2, 0) is 16.4 Å². The number of primary sulfonamides is 1. The summed E-state index contributed by atoms with van der Waals surface area (Å²) >= 11 is 12.0. The van der Waals surface area contributed by atoms with Crippen LogP contribution in [0.4, 0.5) is 0 Å². The Kier molecular flexibility index (Phi) is 5.05. The van der Waals surface area contributed by atoms with Crippen molar-refractivity contribution in [3.05, 3.63) is 52.3 Å². The van der Waals surface area contributed by atoms with Crippen molar-refractivity contribution in [2.75, 3.05) is 6.61 Å². The van der Waals surface area contributed by atoms with E-state index >= 15 is 0 Å². The van der Waals surface area contributed by atoms with E-state index in [-0.39, 0.29) is 20.7 Å². The first kappa shape index (κ1) is 16.0. The van der Waals surface area contributed by atoms with Crippen LogP contribution in [0, 0.1) is 0 Å². The van der Waals surface area contributed by atoms with Crippen LogP contribution in [-0.4, -0.2) is 20.0 Å². The van der Waals surface area contributed by atoms with Crippen molar-refractivity contribution in [3.63, 3.8) is 0 Å². The third-order valence-corrected chi connectivity index (χ3v) is 4.14. The fraction of sp³-hybridized carbons (Fsp3) is 0.154. The maximum atomic E-state index is 11.3. The topological polar surface area (TPSA) is 82.3 Å². The van der Waals surface area contributed by atoms with Crippen LogP contribution in [0.3, 0.4) is 0 Å². The van der Waals surface area contributed by atoms with Crippen molar-refractivity contribution >= 4 is 33.2 Å². The number of halogens is 2. The lowest BCUT2D eigenvalue weighted by molar-refractivity contribution is 0.322. The maximum absolute atomic E-state index is 11.3. The zero-order valence-electron chi connectivity index (χ0n) is 10.8. The van der Waals surface area contributed by atoms with Crippen LogP contribution >= 0.6 is 23.2 Å². The highest BCUT2D eigenvalue weighted by molar-refractivity contribution is 7.89. The van der Waals surface area contributed by atoms with E-state index in [1.807, 2.05) is 12.1 Å². The number of rotatable bonds is 5. The molecule has 0 amide bonds.